The first kappa shape index (κ1) is 19.6. The van der Waals surface area contributed by atoms with Gasteiger partial charge >= 0.3 is 12.1 Å². The lowest BCUT2D eigenvalue weighted by atomic mass is 9.98. The minimum atomic E-state index is -1.90. The number of carbonyl (C=O) groups is 2. The Labute approximate surface area is 173 Å². The number of hydrogen-bond donors (Lipinski definition) is 2. The topological polar surface area (TPSA) is 75.6 Å². The van der Waals surface area contributed by atoms with Crippen LogP contribution in [0.15, 0.2) is 78.9 Å². The minimum absolute atomic E-state index is 0.0223. The number of fused-ring (bicyclic) bond motifs is 3. The van der Waals surface area contributed by atoms with E-state index in [4.69, 9.17) is 4.74 Å². The Balaban J connectivity index is 1.46. The van der Waals surface area contributed by atoms with Gasteiger partial charge in [0.25, 0.3) is 0 Å². The van der Waals surface area contributed by atoms with Crippen LogP contribution in [-0.4, -0.2) is 29.8 Å². The van der Waals surface area contributed by atoms with E-state index in [2.05, 4.69) is 5.32 Å². The van der Waals surface area contributed by atoms with Crippen LogP contribution in [0.2, 0.25) is 0 Å². The van der Waals surface area contributed by atoms with Crippen molar-refractivity contribution in [1.82, 2.24) is 5.32 Å². The predicted molar refractivity (Wildman–Crippen MR) is 110 cm³/mol. The van der Waals surface area contributed by atoms with Crippen molar-refractivity contribution >= 4 is 12.1 Å². The highest BCUT2D eigenvalue weighted by Crippen LogP contribution is 2.44. The number of nitrogens with one attached hydrogen (secondary N) is 1. The molecule has 0 saturated heterocycles. The van der Waals surface area contributed by atoms with Crippen LogP contribution in [0.4, 0.5) is 9.18 Å². The van der Waals surface area contributed by atoms with Crippen molar-refractivity contribution in [2.75, 3.05) is 6.61 Å². The fraction of sp³-hybridized carbons (Fsp3) is 0.167. The third-order valence-corrected chi connectivity index (χ3v) is 5.29. The Morgan fingerprint density at radius 2 is 1.43 bits per heavy atom. The quantitative estimate of drug-likeness (QED) is 0.624. The summed E-state index contributed by atoms with van der Waals surface area (Å²) < 4.78 is 20.0. The van der Waals surface area contributed by atoms with Crippen molar-refractivity contribution in [3.63, 3.8) is 0 Å². The first-order chi connectivity index (χ1) is 14.6. The molecule has 4 rings (SSSR count). The molecular weight excluding hydrogens is 385 g/mol. The molecule has 3 aromatic carbocycles. The summed E-state index contributed by atoms with van der Waals surface area (Å²) in [5.41, 5.74) is 4.41. The summed E-state index contributed by atoms with van der Waals surface area (Å²) in [6, 6.07) is 21.8. The smallest absolute Gasteiger partial charge is 0.407 e. The average molecular weight is 405 g/mol. The van der Waals surface area contributed by atoms with Gasteiger partial charge < -0.3 is 15.2 Å². The lowest BCUT2D eigenvalue weighted by molar-refractivity contribution is -0.141. The van der Waals surface area contributed by atoms with E-state index in [1.54, 1.807) is 18.2 Å². The molecule has 152 valence electrons. The molecule has 1 amide bonds. The zero-order chi connectivity index (χ0) is 21.1. The number of carboxylic acids is 1. The molecule has 0 saturated carbocycles. The largest absolute Gasteiger partial charge is 0.480 e. The number of aliphatic carboxylic acids is 1. The Morgan fingerprint density at radius 1 is 0.900 bits per heavy atom. The third-order valence-electron chi connectivity index (χ3n) is 5.29. The molecule has 1 aliphatic rings. The highest BCUT2D eigenvalue weighted by atomic mass is 19.1. The van der Waals surface area contributed by atoms with Gasteiger partial charge in [-0.3, -0.25) is 0 Å². The molecule has 0 radical (unpaired) electrons. The maximum atomic E-state index is 14.7. The summed E-state index contributed by atoms with van der Waals surface area (Å²) in [5, 5.41) is 11.5. The molecule has 30 heavy (non-hydrogen) atoms. The molecule has 0 fully saturated rings. The van der Waals surface area contributed by atoms with Crippen LogP contribution >= 0.6 is 0 Å². The maximum Gasteiger partial charge on any atom is 0.407 e. The molecule has 0 spiro atoms. The molecule has 1 aliphatic carbocycles. The molecule has 0 bridgehead atoms. The van der Waals surface area contributed by atoms with E-state index in [1.807, 2.05) is 48.5 Å². The van der Waals surface area contributed by atoms with E-state index in [1.165, 1.54) is 12.1 Å². The van der Waals surface area contributed by atoms with E-state index in [-0.39, 0.29) is 18.1 Å². The van der Waals surface area contributed by atoms with Crippen molar-refractivity contribution < 1.29 is 23.8 Å². The first-order valence-corrected chi connectivity index (χ1v) is 9.59. The first-order valence-electron chi connectivity index (χ1n) is 9.59. The van der Waals surface area contributed by atoms with Crippen LogP contribution in [0.25, 0.3) is 11.1 Å². The van der Waals surface area contributed by atoms with Crippen LogP contribution in [0.3, 0.4) is 0 Å². The number of ether oxygens (including phenoxy) is 1. The number of rotatable bonds is 6. The van der Waals surface area contributed by atoms with Crippen LogP contribution < -0.4 is 5.32 Å². The van der Waals surface area contributed by atoms with E-state index in [9.17, 15) is 19.1 Å². The summed E-state index contributed by atoms with van der Waals surface area (Å²) in [4.78, 5) is 23.8. The molecule has 5 nitrogen and oxygen atoms in total. The van der Waals surface area contributed by atoms with Gasteiger partial charge in [0, 0.05) is 5.92 Å². The van der Waals surface area contributed by atoms with Gasteiger partial charge in [-0.15, -0.1) is 0 Å². The third kappa shape index (κ3) is 3.76. The molecule has 0 aliphatic heterocycles. The molecule has 3 aromatic rings. The number of amides is 1. The van der Waals surface area contributed by atoms with Gasteiger partial charge in [-0.2, -0.15) is 0 Å². The van der Waals surface area contributed by atoms with E-state index in [0.717, 1.165) is 22.3 Å². The second kappa shape index (κ2) is 8.37. The summed E-state index contributed by atoms with van der Waals surface area (Å²) in [5.74, 6) is -1.64. The molecule has 0 aromatic heterocycles. The Hall–Kier alpha value is -3.67. The molecular formula is C24H20FNO4. The predicted octanol–water partition coefficient (Wildman–Crippen LogP) is 4.69. The summed E-state index contributed by atoms with van der Waals surface area (Å²) >= 11 is 0. The number of benzene rings is 3. The van der Waals surface area contributed by atoms with Crippen molar-refractivity contribution in [3.8, 4) is 11.1 Å². The SMILES string of the molecule is O=C(N[C@H](C(=O)O)[C@H](F)c1ccccc1)OCC1c2ccccc2-c2ccccc21. The van der Waals surface area contributed by atoms with E-state index >= 15 is 0 Å². The molecule has 0 heterocycles. The fourth-order valence-corrected chi connectivity index (χ4v) is 3.86. The van der Waals surface area contributed by atoms with Gasteiger partial charge in [0.1, 0.15) is 6.61 Å². The second-order valence-electron chi connectivity index (χ2n) is 7.10. The van der Waals surface area contributed by atoms with E-state index in [0.29, 0.717) is 0 Å². The van der Waals surface area contributed by atoms with Crippen LogP contribution in [-0.2, 0) is 9.53 Å². The van der Waals surface area contributed by atoms with Gasteiger partial charge in [-0.1, -0.05) is 78.9 Å². The summed E-state index contributed by atoms with van der Waals surface area (Å²) in [6.45, 7) is 0.0223. The van der Waals surface area contributed by atoms with E-state index < -0.39 is 24.3 Å². The van der Waals surface area contributed by atoms with Crippen molar-refractivity contribution in [2.24, 2.45) is 0 Å². The monoisotopic (exact) mass is 405 g/mol. The lowest BCUT2D eigenvalue weighted by Crippen LogP contribution is -2.44. The number of alkyl halides is 1. The van der Waals surface area contributed by atoms with Crippen LogP contribution in [0.5, 0.6) is 0 Å². The Kier molecular flexibility index (Phi) is 5.48. The van der Waals surface area contributed by atoms with Crippen molar-refractivity contribution in [2.45, 2.75) is 18.1 Å². The van der Waals surface area contributed by atoms with Crippen molar-refractivity contribution in [1.29, 1.82) is 0 Å². The highest BCUT2D eigenvalue weighted by Gasteiger charge is 2.33. The zero-order valence-electron chi connectivity index (χ0n) is 16.0. The average Bonchev–Trinajstić information content (AvgIpc) is 3.10. The number of halogens is 1. The molecule has 2 atom stereocenters. The number of hydrogen-bond acceptors (Lipinski definition) is 3. The number of alkyl carbamates (subject to hydrolysis) is 1. The van der Waals surface area contributed by atoms with Gasteiger partial charge in [0.05, 0.1) is 0 Å². The van der Waals surface area contributed by atoms with Gasteiger partial charge in [-0.25, -0.2) is 14.0 Å². The van der Waals surface area contributed by atoms with Gasteiger partial charge in [0.15, 0.2) is 12.2 Å². The number of carboxylic acid groups (broad SMARTS) is 1. The molecule has 0 unspecified atom stereocenters. The van der Waals surface area contributed by atoms with Crippen molar-refractivity contribution in [3.05, 3.63) is 95.6 Å². The number of carbonyl (C=O) groups excluding carboxylic acids is 1. The zero-order valence-corrected chi connectivity index (χ0v) is 16.0. The van der Waals surface area contributed by atoms with Crippen LogP contribution in [0.1, 0.15) is 28.8 Å². The Morgan fingerprint density at radius 3 is 2.00 bits per heavy atom. The van der Waals surface area contributed by atoms with Crippen LogP contribution in [0, 0.1) is 0 Å². The Bertz CT molecular complexity index is 1020. The normalized spacial score (nSPS) is 14.3. The molecule has 2 N–H and O–H groups in total. The second-order valence-corrected chi connectivity index (χ2v) is 7.10. The van der Waals surface area contributed by atoms with Gasteiger partial charge in [-0.05, 0) is 27.8 Å². The highest BCUT2D eigenvalue weighted by molar-refractivity contribution is 5.81. The standard InChI is InChI=1S/C24H20FNO4/c25-21(15-8-2-1-3-9-15)22(23(27)28)26-24(29)30-14-20-18-12-6-4-10-16(18)17-11-5-7-13-19(17)20/h1-13,20-22H,14H2,(H,26,29)(H,27,28)/t21-,22+/m1/s1. The minimum Gasteiger partial charge on any atom is -0.480 e. The lowest BCUT2D eigenvalue weighted by Gasteiger charge is -2.20. The maximum absolute atomic E-state index is 14.7. The summed E-state index contributed by atoms with van der Waals surface area (Å²) in [6.07, 6.45) is -2.87. The molecule has 6 heteroatoms. The summed E-state index contributed by atoms with van der Waals surface area (Å²) in [7, 11) is 0. The van der Waals surface area contributed by atoms with Gasteiger partial charge in [0.2, 0.25) is 0 Å². The fourth-order valence-electron chi connectivity index (χ4n) is 3.86.